The second-order valence-corrected chi connectivity index (χ2v) is 4.28. The predicted octanol–water partition coefficient (Wildman–Crippen LogP) is 1.68. The zero-order chi connectivity index (χ0) is 12.8. The van der Waals surface area contributed by atoms with E-state index in [9.17, 15) is 9.59 Å². The van der Waals surface area contributed by atoms with Crippen molar-refractivity contribution in [2.45, 2.75) is 13.5 Å². The molecule has 0 saturated heterocycles. The fourth-order valence-electron chi connectivity index (χ4n) is 1.01. The molecular formula is C10H10BrClN2O3. The predicted molar refractivity (Wildman–Crippen MR) is 65.4 cm³/mol. The van der Waals surface area contributed by atoms with E-state index < -0.39 is 11.9 Å². The van der Waals surface area contributed by atoms with E-state index in [2.05, 4.69) is 31.0 Å². The van der Waals surface area contributed by atoms with Crippen LogP contribution in [-0.2, 0) is 20.9 Å². The Hall–Kier alpha value is -1.14. The lowest BCUT2D eigenvalue weighted by atomic mass is 10.3. The number of pyridine rings is 1. The molecule has 1 amide bonds. The summed E-state index contributed by atoms with van der Waals surface area (Å²) in [6.07, 6.45) is 1.46. The third kappa shape index (κ3) is 4.32. The van der Waals surface area contributed by atoms with Gasteiger partial charge in [-0.3, -0.25) is 9.78 Å². The molecule has 1 rings (SSSR count). The number of nitrogens with zero attached hydrogens (tertiary/aromatic N) is 1. The molecule has 5 nitrogen and oxygen atoms in total. The topological polar surface area (TPSA) is 68.3 Å². The van der Waals surface area contributed by atoms with Gasteiger partial charge in [-0.1, -0.05) is 11.6 Å². The van der Waals surface area contributed by atoms with Crippen LogP contribution in [0.5, 0.6) is 0 Å². The zero-order valence-corrected chi connectivity index (χ0v) is 11.3. The Labute approximate surface area is 112 Å². The highest BCUT2D eigenvalue weighted by atomic mass is 79.9. The first kappa shape index (κ1) is 13.9. The summed E-state index contributed by atoms with van der Waals surface area (Å²) in [5.74, 6) is -1.70. The molecule has 1 N–H and O–H groups in total. The summed E-state index contributed by atoms with van der Waals surface area (Å²) in [6, 6.07) is 1.65. The average Bonchev–Trinajstić information content (AvgIpc) is 2.27. The van der Waals surface area contributed by atoms with Crippen LogP contribution in [0.25, 0.3) is 0 Å². The monoisotopic (exact) mass is 320 g/mol. The van der Waals surface area contributed by atoms with E-state index >= 15 is 0 Å². The Balaban J connectivity index is 2.56. The molecule has 0 aliphatic rings. The molecule has 0 radical (unpaired) electrons. The molecule has 0 aromatic carbocycles. The summed E-state index contributed by atoms with van der Waals surface area (Å²) < 4.78 is 5.20. The first-order chi connectivity index (χ1) is 8.04. The third-order valence-electron chi connectivity index (χ3n) is 1.76. The molecule has 0 bridgehead atoms. The molecule has 7 heteroatoms. The van der Waals surface area contributed by atoms with Crippen molar-refractivity contribution in [2.24, 2.45) is 0 Å². The highest BCUT2D eigenvalue weighted by Gasteiger charge is 2.14. The number of nitrogens with one attached hydrogen (secondary N) is 1. The Morgan fingerprint density at radius 3 is 2.88 bits per heavy atom. The number of halogens is 2. The Kier molecular flexibility index (Phi) is 5.37. The molecule has 0 aliphatic carbocycles. The molecule has 17 heavy (non-hydrogen) atoms. The quantitative estimate of drug-likeness (QED) is 0.679. The van der Waals surface area contributed by atoms with Gasteiger partial charge in [-0.2, -0.15) is 0 Å². The van der Waals surface area contributed by atoms with Gasteiger partial charge < -0.3 is 10.1 Å². The number of rotatable bonds is 3. The molecule has 0 aliphatic heterocycles. The maximum absolute atomic E-state index is 11.2. The molecule has 0 saturated carbocycles. The molecular weight excluding hydrogens is 311 g/mol. The number of carbonyl (C=O) groups is 2. The number of ether oxygens (including phenoxy) is 1. The van der Waals surface area contributed by atoms with Crippen LogP contribution in [0.15, 0.2) is 16.7 Å². The number of hydrogen-bond acceptors (Lipinski definition) is 4. The van der Waals surface area contributed by atoms with Gasteiger partial charge in [0.15, 0.2) is 0 Å². The third-order valence-corrected chi connectivity index (χ3v) is 2.65. The SMILES string of the molecule is CCOC(=O)C(=O)NCc1ncc(Cl)cc1Br. The van der Waals surface area contributed by atoms with E-state index in [-0.39, 0.29) is 13.2 Å². The van der Waals surface area contributed by atoms with Crippen molar-refractivity contribution >= 4 is 39.4 Å². The standard InChI is InChI=1S/C10H10BrClN2O3/c1-2-17-10(16)9(15)14-5-8-7(11)3-6(12)4-13-8/h3-4H,2,5H2,1H3,(H,14,15). The van der Waals surface area contributed by atoms with Crippen molar-refractivity contribution in [1.82, 2.24) is 10.3 Å². The highest BCUT2D eigenvalue weighted by molar-refractivity contribution is 9.10. The summed E-state index contributed by atoms with van der Waals surface area (Å²) >= 11 is 8.97. The smallest absolute Gasteiger partial charge is 0.396 e. The largest absolute Gasteiger partial charge is 0.459 e. The second kappa shape index (κ2) is 6.56. The summed E-state index contributed by atoms with van der Waals surface area (Å²) in [5, 5.41) is 2.88. The van der Waals surface area contributed by atoms with Gasteiger partial charge in [-0.05, 0) is 28.9 Å². The molecule has 1 aromatic rings. The van der Waals surface area contributed by atoms with Gasteiger partial charge in [-0.15, -0.1) is 0 Å². The van der Waals surface area contributed by atoms with Crippen LogP contribution in [0.4, 0.5) is 0 Å². The van der Waals surface area contributed by atoms with Crippen molar-refractivity contribution in [3.63, 3.8) is 0 Å². The minimum atomic E-state index is -0.905. The van der Waals surface area contributed by atoms with E-state index in [0.717, 1.165) is 0 Å². The fraction of sp³-hybridized carbons (Fsp3) is 0.300. The van der Waals surface area contributed by atoms with Crippen molar-refractivity contribution in [2.75, 3.05) is 6.61 Å². The van der Waals surface area contributed by atoms with Gasteiger partial charge in [0.1, 0.15) is 0 Å². The van der Waals surface area contributed by atoms with Crippen molar-refractivity contribution in [1.29, 1.82) is 0 Å². The minimum Gasteiger partial charge on any atom is -0.459 e. The van der Waals surface area contributed by atoms with E-state index in [1.54, 1.807) is 13.0 Å². The lowest BCUT2D eigenvalue weighted by Crippen LogP contribution is -2.32. The Bertz CT molecular complexity index is 440. The van der Waals surface area contributed by atoms with Gasteiger partial charge in [0.2, 0.25) is 0 Å². The van der Waals surface area contributed by atoms with Gasteiger partial charge in [0.05, 0.1) is 23.9 Å². The van der Waals surface area contributed by atoms with Gasteiger partial charge in [0.25, 0.3) is 0 Å². The van der Waals surface area contributed by atoms with Crippen molar-refractivity contribution < 1.29 is 14.3 Å². The van der Waals surface area contributed by atoms with E-state index in [1.807, 2.05) is 0 Å². The maximum Gasteiger partial charge on any atom is 0.396 e. The molecule has 1 aromatic heterocycles. The van der Waals surface area contributed by atoms with Gasteiger partial charge in [-0.25, -0.2) is 4.79 Å². The molecule has 0 atom stereocenters. The summed E-state index contributed by atoms with van der Waals surface area (Å²) in [6.45, 7) is 1.91. The summed E-state index contributed by atoms with van der Waals surface area (Å²) in [5.41, 5.74) is 0.576. The second-order valence-electron chi connectivity index (χ2n) is 2.99. The normalized spacial score (nSPS) is 9.82. The molecule has 92 valence electrons. The number of aromatic nitrogens is 1. The summed E-state index contributed by atoms with van der Waals surface area (Å²) in [4.78, 5) is 26.3. The van der Waals surface area contributed by atoms with Crippen molar-refractivity contribution in [3.8, 4) is 0 Å². The van der Waals surface area contributed by atoms with E-state index in [1.165, 1.54) is 6.20 Å². The molecule has 1 heterocycles. The van der Waals surface area contributed by atoms with Crippen LogP contribution in [-0.4, -0.2) is 23.5 Å². The maximum atomic E-state index is 11.2. The Morgan fingerprint density at radius 1 is 1.59 bits per heavy atom. The number of esters is 1. The van der Waals surface area contributed by atoms with E-state index in [0.29, 0.717) is 15.2 Å². The van der Waals surface area contributed by atoms with Crippen LogP contribution >= 0.6 is 27.5 Å². The zero-order valence-electron chi connectivity index (χ0n) is 9.00. The van der Waals surface area contributed by atoms with Crippen LogP contribution in [0.2, 0.25) is 5.02 Å². The highest BCUT2D eigenvalue weighted by Crippen LogP contribution is 2.18. The van der Waals surface area contributed by atoms with Crippen LogP contribution in [0, 0.1) is 0 Å². The van der Waals surface area contributed by atoms with Gasteiger partial charge in [0, 0.05) is 10.7 Å². The number of hydrogen-bond donors (Lipinski definition) is 1. The van der Waals surface area contributed by atoms with Gasteiger partial charge >= 0.3 is 11.9 Å². The lowest BCUT2D eigenvalue weighted by molar-refractivity contribution is -0.154. The molecule has 0 unspecified atom stereocenters. The number of carbonyl (C=O) groups excluding carboxylic acids is 2. The Morgan fingerprint density at radius 2 is 2.29 bits per heavy atom. The van der Waals surface area contributed by atoms with E-state index in [4.69, 9.17) is 11.6 Å². The summed E-state index contributed by atoms with van der Waals surface area (Å²) in [7, 11) is 0. The fourth-order valence-corrected chi connectivity index (χ4v) is 1.78. The first-order valence-electron chi connectivity index (χ1n) is 4.79. The minimum absolute atomic E-state index is 0.120. The van der Waals surface area contributed by atoms with Crippen LogP contribution < -0.4 is 5.32 Å². The average molecular weight is 322 g/mol. The molecule has 0 fully saturated rings. The van der Waals surface area contributed by atoms with Crippen LogP contribution in [0.3, 0.4) is 0 Å². The van der Waals surface area contributed by atoms with Crippen molar-refractivity contribution in [3.05, 3.63) is 27.5 Å². The lowest BCUT2D eigenvalue weighted by Gasteiger charge is -2.06. The first-order valence-corrected chi connectivity index (χ1v) is 5.96. The molecule has 0 spiro atoms. The number of amides is 1. The van der Waals surface area contributed by atoms with Crippen LogP contribution in [0.1, 0.15) is 12.6 Å².